The predicted octanol–water partition coefficient (Wildman–Crippen LogP) is 1.09. The van der Waals surface area contributed by atoms with Gasteiger partial charge in [0.1, 0.15) is 17.0 Å². The molecule has 28 heavy (non-hydrogen) atoms. The van der Waals surface area contributed by atoms with E-state index < -0.39 is 10.0 Å². The number of sulfonamides is 1. The maximum atomic E-state index is 12.8. The van der Waals surface area contributed by atoms with Gasteiger partial charge in [-0.25, -0.2) is 13.1 Å². The highest BCUT2D eigenvalue weighted by Gasteiger charge is 2.30. The van der Waals surface area contributed by atoms with Crippen molar-refractivity contribution in [2.24, 2.45) is 5.92 Å². The molecule has 4 heterocycles. The number of anilines is 1. The Morgan fingerprint density at radius 3 is 2.86 bits per heavy atom. The lowest BCUT2D eigenvalue weighted by Crippen LogP contribution is -2.51. The lowest BCUT2D eigenvalue weighted by Gasteiger charge is -2.40. The minimum Gasteiger partial charge on any atom is -0.354 e. The summed E-state index contributed by atoms with van der Waals surface area (Å²) in [5.41, 5.74) is 1.18. The highest BCUT2D eigenvalue weighted by atomic mass is 32.2. The van der Waals surface area contributed by atoms with Crippen LogP contribution in [0.4, 0.5) is 5.82 Å². The largest absolute Gasteiger partial charge is 0.354 e. The fraction of sp³-hybridized carbons (Fsp3) is 0.222. The third kappa shape index (κ3) is 2.96. The van der Waals surface area contributed by atoms with Crippen LogP contribution < -0.4 is 9.62 Å². The molecule has 0 spiro atoms. The van der Waals surface area contributed by atoms with Crippen molar-refractivity contribution in [1.29, 1.82) is 0 Å². The van der Waals surface area contributed by atoms with E-state index in [1.54, 1.807) is 35.2 Å². The molecule has 0 amide bonds. The molecule has 0 bridgehead atoms. The Hall–Kier alpha value is -3.11. The van der Waals surface area contributed by atoms with E-state index in [1.807, 2.05) is 24.3 Å². The molecule has 0 saturated carbocycles. The summed E-state index contributed by atoms with van der Waals surface area (Å²) in [7, 11) is -3.63. The van der Waals surface area contributed by atoms with Crippen LogP contribution in [0.3, 0.4) is 0 Å². The molecular formula is C18H17N7O2S. The van der Waals surface area contributed by atoms with Crippen LogP contribution in [0, 0.1) is 5.92 Å². The van der Waals surface area contributed by atoms with Crippen molar-refractivity contribution >= 4 is 32.4 Å². The summed E-state index contributed by atoms with van der Waals surface area (Å²) in [5, 5.41) is 13.0. The molecule has 142 valence electrons. The van der Waals surface area contributed by atoms with E-state index in [9.17, 15) is 8.42 Å². The van der Waals surface area contributed by atoms with Gasteiger partial charge in [-0.2, -0.15) is 4.52 Å². The molecule has 0 atom stereocenters. The Bertz CT molecular complexity index is 1260. The monoisotopic (exact) mass is 395 g/mol. The molecule has 0 aliphatic carbocycles. The fourth-order valence-corrected chi connectivity index (χ4v) is 4.66. The second kappa shape index (κ2) is 6.50. The van der Waals surface area contributed by atoms with Gasteiger partial charge in [-0.05, 0) is 24.3 Å². The van der Waals surface area contributed by atoms with E-state index in [1.165, 1.54) is 0 Å². The van der Waals surface area contributed by atoms with Crippen molar-refractivity contribution in [3.63, 3.8) is 0 Å². The average molecular weight is 395 g/mol. The topological polar surface area (TPSA) is 105 Å². The number of hydrogen-bond donors (Lipinski definition) is 1. The lowest BCUT2D eigenvalue weighted by atomic mass is 10.0. The van der Waals surface area contributed by atoms with Gasteiger partial charge < -0.3 is 4.90 Å². The summed E-state index contributed by atoms with van der Waals surface area (Å²) in [6.45, 7) is 1.84. The molecule has 9 nitrogen and oxygen atoms in total. The van der Waals surface area contributed by atoms with Crippen LogP contribution >= 0.6 is 0 Å². The van der Waals surface area contributed by atoms with Gasteiger partial charge >= 0.3 is 0 Å². The van der Waals surface area contributed by atoms with Gasteiger partial charge in [0, 0.05) is 37.1 Å². The number of hydrogen-bond acceptors (Lipinski definition) is 7. The number of para-hydroxylation sites is 1. The molecule has 10 heteroatoms. The Morgan fingerprint density at radius 1 is 1.11 bits per heavy atom. The number of pyridine rings is 1. The van der Waals surface area contributed by atoms with E-state index in [-0.39, 0.29) is 10.8 Å². The molecular weight excluding hydrogens is 378 g/mol. The fourth-order valence-electron chi connectivity index (χ4n) is 3.37. The third-order valence-corrected chi connectivity index (χ3v) is 6.33. The summed E-state index contributed by atoms with van der Waals surface area (Å²) in [6.07, 6.45) is 3.16. The van der Waals surface area contributed by atoms with Gasteiger partial charge in [0.25, 0.3) is 0 Å². The Morgan fingerprint density at radius 2 is 1.96 bits per heavy atom. The first-order valence-electron chi connectivity index (χ1n) is 8.86. The molecule has 1 aromatic carbocycles. The van der Waals surface area contributed by atoms with Crippen molar-refractivity contribution in [3.05, 3.63) is 55.0 Å². The van der Waals surface area contributed by atoms with Crippen LogP contribution in [0.5, 0.6) is 0 Å². The standard InChI is InChI=1S/C18H17N7O2S/c26-28(27,15-5-1-3-14-4-2-8-19-18(14)15)21-9-13-10-24(11-13)17-7-6-16-22-20-12-25(16)23-17/h1-8,12-13,21H,9-11H2. The SMILES string of the molecule is O=S(=O)(NCC1CN(c2ccc3nncn3n2)C1)c1cccc2cccnc12. The molecule has 1 aliphatic heterocycles. The molecule has 1 fully saturated rings. The highest BCUT2D eigenvalue weighted by molar-refractivity contribution is 7.89. The van der Waals surface area contributed by atoms with Crippen molar-refractivity contribution in [2.75, 3.05) is 24.5 Å². The zero-order valence-electron chi connectivity index (χ0n) is 14.8. The first kappa shape index (κ1) is 17.0. The number of benzene rings is 1. The van der Waals surface area contributed by atoms with E-state index in [0.29, 0.717) is 17.7 Å². The summed E-state index contributed by atoms with van der Waals surface area (Å²) in [6, 6.07) is 12.6. The smallest absolute Gasteiger partial charge is 0.242 e. The molecule has 3 aromatic heterocycles. The maximum absolute atomic E-state index is 12.8. The molecule has 1 aliphatic rings. The average Bonchev–Trinajstić information content (AvgIpc) is 3.14. The summed E-state index contributed by atoms with van der Waals surface area (Å²) < 4.78 is 29.9. The minimum atomic E-state index is -3.63. The Labute approximate surface area is 161 Å². The highest BCUT2D eigenvalue weighted by Crippen LogP contribution is 2.24. The van der Waals surface area contributed by atoms with Gasteiger partial charge in [-0.1, -0.05) is 18.2 Å². The molecule has 0 unspecified atom stereocenters. The van der Waals surface area contributed by atoms with Crippen LogP contribution in [0.2, 0.25) is 0 Å². The van der Waals surface area contributed by atoms with Crippen molar-refractivity contribution in [3.8, 4) is 0 Å². The number of nitrogens with zero attached hydrogens (tertiary/aromatic N) is 6. The second-order valence-electron chi connectivity index (χ2n) is 6.78. The van der Waals surface area contributed by atoms with Gasteiger partial charge in [0.15, 0.2) is 5.65 Å². The zero-order valence-corrected chi connectivity index (χ0v) is 15.6. The van der Waals surface area contributed by atoms with E-state index in [4.69, 9.17) is 0 Å². The molecule has 4 aromatic rings. The van der Waals surface area contributed by atoms with Crippen molar-refractivity contribution in [2.45, 2.75) is 4.90 Å². The van der Waals surface area contributed by atoms with Crippen LogP contribution in [0.15, 0.2) is 59.9 Å². The van der Waals surface area contributed by atoms with Crippen molar-refractivity contribution < 1.29 is 8.42 Å². The molecule has 0 radical (unpaired) electrons. The van der Waals surface area contributed by atoms with Crippen molar-refractivity contribution in [1.82, 2.24) is 29.5 Å². The van der Waals surface area contributed by atoms with E-state index >= 15 is 0 Å². The van der Waals surface area contributed by atoms with Crippen LogP contribution in [-0.4, -0.2) is 52.8 Å². The first-order valence-corrected chi connectivity index (χ1v) is 10.3. The number of rotatable bonds is 5. The summed E-state index contributed by atoms with van der Waals surface area (Å²) in [4.78, 5) is 6.54. The summed E-state index contributed by atoms with van der Waals surface area (Å²) in [5.74, 6) is 1.04. The normalized spacial score (nSPS) is 15.2. The van der Waals surface area contributed by atoms with Gasteiger partial charge in [0.2, 0.25) is 10.0 Å². The zero-order chi connectivity index (χ0) is 19.1. The minimum absolute atomic E-state index is 0.210. The van der Waals surface area contributed by atoms with Gasteiger partial charge in [-0.15, -0.1) is 15.3 Å². The summed E-state index contributed by atoms with van der Waals surface area (Å²) >= 11 is 0. The van der Waals surface area contributed by atoms with Crippen LogP contribution in [-0.2, 0) is 10.0 Å². The lowest BCUT2D eigenvalue weighted by molar-refractivity contribution is 0.402. The van der Waals surface area contributed by atoms with Gasteiger partial charge in [-0.3, -0.25) is 4.98 Å². The Kier molecular flexibility index (Phi) is 3.95. The Balaban J connectivity index is 1.25. The van der Waals surface area contributed by atoms with E-state index in [2.05, 4.69) is 29.9 Å². The van der Waals surface area contributed by atoms with Gasteiger partial charge in [0.05, 0.1) is 5.52 Å². The molecule has 5 rings (SSSR count). The number of aromatic nitrogens is 5. The third-order valence-electron chi connectivity index (χ3n) is 4.88. The van der Waals surface area contributed by atoms with Crippen LogP contribution in [0.25, 0.3) is 16.6 Å². The first-order chi connectivity index (χ1) is 13.6. The van der Waals surface area contributed by atoms with E-state index in [0.717, 1.165) is 24.3 Å². The quantitative estimate of drug-likeness (QED) is 0.539. The predicted molar refractivity (Wildman–Crippen MR) is 103 cm³/mol. The van der Waals surface area contributed by atoms with Crippen LogP contribution in [0.1, 0.15) is 0 Å². The molecule has 1 N–H and O–H groups in total. The molecule has 1 saturated heterocycles. The number of nitrogens with one attached hydrogen (secondary N) is 1. The second-order valence-corrected chi connectivity index (χ2v) is 8.51. The maximum Gasteiger partial charge on any atom is 0.242 e. The number of fused-ring (bicyclic) bond motifs is 2.